The molecule has 0 N–H and O–H groups in total. The summed E-state index contributed by atoms with van der Waals surface area (Å²) in [4.78, 5) is 0. The fraction of sp³-hybridized carbons (Fsp3) is 1.00. The van der Waals surface area contributed by atoms with Gasteiger partial charge in [0.15, 0.2) is 6.29 Å². The molecule has 0 aromatic heterocycles. The minimum atomic E-state index is 0.142. The van der Waals surface area contributed by atoms with E-state index in [0.717, 1.165) is 13.2 Å². The Hall–Kier alpha value is -0.0800. The molecule has 3 atom stereocenters. The Balaban J connectivity index is 0.000000336. The number of rotatable bonds is 0. The van der Waals surface area contributed by atoms with Gasteiger partial charge in [-0.25, -0.2) is 0 Å². The lowest BCUT2D eigenvalue weighted by atomic mass is 9.91. The Morgan fingerprint density at radius 3 is 2.58 bits per heavy atom. The molecule has 2 fully saturated rings. The van der Waals surface area contributed by atoms with E-state index in [1.807, 2.05) is 13.8 Å². The van der Waals surface area contributed by atoms with Gasteiger partial charge in [0.1, 0.15) is 0 Å². The molecule has 12 heavy (non-hydrogen) atoms. The zero-order valence-corrected chi connectivity index (χ0v) is 8.38. The van der Waals surface area contributed by atoms with Gasteiger partial charge in [0.05, 0.1) is 6.61 Å². The van der Waals surface area contributed by atoms with Gasteiger partial charge >= 0.3 is 0 Å². The topological polar surface area (TPSA) is 18.5 Å². The molecule has 0 saturated carbocycles. The quantitative estimate of drug-likeness (QED) is 0.558. The highest BCUT2D eigenvalue weighted by atomic mass is 16.7. The minimum absolute atomic E-state index is 0.142. The highest BCUT2D eigenvalue weighted by Gasteiger charge is 2.36. The smallest absolute Gasteiger partial charge is 0.160 e. The van der Waals surface area contributed by atoms with E-state index in [-0.39, 0.29) is 6.29 Å². The third-order valence-corrected chi connectivity index (χ3v) is 2.57. The molecule has 2 aliphatic rings. The fourth-order valence-corrected chi connectivity index (χ4v) is 1.87. The summed E-state index contributed by atoms with van der Waals surface area (Å²) in [5.74, 6) is 1.40. The first kappa shape index (κ1) is 10.0. The van der Waals surface area contributed by atoms with Gasteiger partial charge in [-0.3, -0.25) is 0 Å². The number of fused-ring (bicyclic) bond motifs is 1. The van der Waals surface area contributed by atoms with Crippen LogP contribution in [0.2, 0.25) is 0 Å². The van der Waals surface area contributed by atoms with Gasteiger partial charge in [-0.2, -0.15) is 0 Å². The molecular formula is C10H20O2. The summed E-state index contributed by atoms with van der Waals surface area (Å²) < 4.78 is 10.9. The maximum absolute atomic E-state index is 5.45. The van der Waals surface area contributed by atoms with Crippen molar-refractivity contribution in [3.8, 4) is 0 Å². The Bertz CT molecular complexity index is 123. The van der Waals surface area contributed by atoms with Crippen molar-refractivity contribution in [1.29, 1.82) is 0 Å². The molecule has 0 aliphatic carbocycles. The van der Waals surface area contributed by atoms with E-state index in [4.69, 9.17) is 9.47 Å². The Morgan fingerprint density at radius 1 is 1.17 bits per heavy atom. The van der Waals surface area contributed by atoms with Crippen LogP contribution in [0, 0.1) is 11.8 Å². The van der Waals surface area contributed by atoms with Gasteiger partial charge < -0.3 is 9.47 Å². The summed E-state index contributed by atoms with van der Waals surface area (Å²) in [7, 11) is 0. The maximum atomic E-state index is 5.45. The third kappa shape index (κ3) is 1.99. The lowest BCUT2D eigenvalue weighted by molar-refractivity contribution is -0.151. The van der Waals surface area contributed by atoms with Crippen LogP contribution in [0.15, 0.2) is 0 Å². The summed E-state index contributed by atoms with van der Waals surface area (Å²) in [5.41, 5.74) is 0. The molecule has 0 radical (unpaired) electrons. The van der Waals surface area contributed by atoms with Crippen molar-refractivity contribution in [3.63, 3.8) is 0 Å². The van der Waals surface area contributed by atoms with E-state index in [2.05, 4.69) is 6.92 Å². The second-order valence-corrected chi connectivity index (χ2v) is 3.36. The van der Waals surface area contributed by atoms with Crippen LogP contribution in [0.25, 0.3) is 0 Å². The number of ether oxygens (including phenoxy) is 2. The predicted octanol–water partition coefficient (Wildman–Crippen LogP) is 2.43. The summed E-state index contributed by atoms with van der Waals surface area (Å²) in [5, 5.41) is 0. The van der Waals surface area contributed by atoms with E-state index in [0.29, 0.717) is 11.8 Å². The van der Waals surface area contributed by atoms with Crippen LogP contribution in [0.1, 0.15) is 33.6 Å². The molecule has 0 bridgehead atoms. The number of hydrogen-bond donors (Lipinski definition) is 0. The molecule has 0 aromatic carbocycles. The molecule has 2 aliphatic heterocycles. The van der Waals surface area contributed by atoms with Crippen LogP contribution >= 0.6 is 0 Å². The van der Waals surface area contributed by atoms with Crippen LogP contribution in [-0.2, 0) is 9.47 Å². The van der Waals surface area contributed by atoms with Gasteiger partial charge in [-0.1, -0.05) is 20.8 Å². The second kappa shape index (κ2) is 4.83. The van der Waals surface area contributed by atoms with E-state index >= 15 is 0 Å². The van der Waals surface area contributed by atoms with E-state index in [1.165, 1.54) is 12.8 Å². The van der Waals surface area contributed by atoms with E-state index < -0.39 is 0 Å². The molecule has 2 nitrogen and oxygen atoms in total. The lowest BCUT2D eigenvalue weighted by Gasteiger charge is -2.25. The van der Waals surface area contributed by atoms with Crippen molar-refractivity contribution < 1.29 is 9.47 Å². The summed E-state index contributed by atoms with van der Waals surface area (Å²) in [6, 6.07) is 0. The van der Waals surface area contributed by atoms with Gasteiger partial charge in [0.2, 0.25) is 0 Å². The molecule has 2 saturated heterocycles. The lowest BCUT2D eigenvalue weighted by Crippen LogP contribution is -2.27. The zero-order valence-electron chi connectivity index (χ0n) is 8.38. The maximum Gasteiger partial charge on any atom is 0.160 e. The monoisotopic (exact) mass is 172 g/mol. The Kier molecular flexibility index (Phi) is 4.02. The van der Waals surface area contributed by atoms with Gasteiger partial charge in [-0.05, 0) is 18.8 Å². The van der Waals surface area contributed by atoms with Gasteiger partial charge in [0.25, 0.3) is 0 Å². The predicted molar refractivity (Wildman–Crippen MR) is 48.9 cm³/mol. The van der Waals surface area contributed by atoms with Crippen LogP contribution in [-0.4, -0.2) is 19.5 Å². The van der Waals surface area contributed by atoms with E-state index in [1.54, 1.807) is 0 Å². The standard InChI is InChI=1S/C8H14O2.C2H6/c1-6-5-10-8-7(6)3-2-4-9-8;1-2/h6-8H,2-5H2,1H3;1-2H3/t6-,7?,8?;/m0./s1. The highest BCUT2D eigenvalue weighted by Crippen LogP contribution is 2.34. The van der Waals surface area contributed by atoms with Crippen LogP contribution < -0.4 is 0 Å². The molecule has 2 rings (SSSR count). The largest absolute Gasteiger partial charge is 0.352 e. The Labute approximate surface area is 75.2 Å². The summed E-state index contributed by atoms with van der Waals surface area (Å²) in [6.45, 7) is 8.04. The SMILES string of the molecule is CC.C[C@H]1COC2OCCCC21. The van der Waals surface area contributed by atoms with Crippen molar-refractivity contribution in [2.45, 2.75) is 39.9 Å². The normalized spacial score (nSPS) is 39.8. The summed E-state index contributed by atoms with van der Waals surface area (Å²) >= 11 is 0. The van der Waals surface area contributed by atoms with Crippen LogP contribution in [0.5, 0.6) is 0 Å². The molecule has 72 valence electrons. The van der Waals surface area contributed by atoms with Gasteiger partial charge in [0, 0.05) is 12.5 Å². The molecule has 0 amide bonds. The van der Waals surface area contributed by atoms with E-state index in [9.17, 15) is 0 Å². The third-order valence-electron chi connectivity index (χ3n) is 2.57. The zero-order chi connectivity index (χ0) is 8.97. The second-order valence-electron chi connectivity index (χ2n) is 3.36. The van der Waals surface area contributed by atoms with Crippen molar-refractivity contribution in [1.82, 2.24) is 0 Å². The summed E-state index contributed by atoms with van der Waals surface area (Å²) in [6.07, 6.45) is 2.66. The van der Waals surface area contributed by atoms with Crippen molar-refractivity contribution in [2.24, 2.45) is 11.8 Å². The van der Waals surface area contributed by atoms with Gasteiger partial charge in [-0.15, -0.1) is 0 Å². The average Bonchev–Trinajstić information content (AvgIpc) is 2.53. The fourth-order valence-electron chi connectivity index (χ4n) is 1.87. The van der Waals surface area contributed by atoms with Crippen LogP contribution in [0.4, 0.5) is 0 Å². The number of hydrogen-bond acceptors (Lipinski definition) is 2. The van der Waals surface area contributed by atoms with Crippen molar-refractivity contribution in [3.05, 3.63) is 0 Å². The first-order chi connectivity index (χ1) is 5.88. The molecule has 0 aromatic rings. The average molecular weight is 172 g/mol. The molecule has 2 heteroatoms. The van der Waals surface area contributed by atoms with Crippen molar-refractivity contribution >= 4 is 0 Å². The Morgan fingerprint density at radius 2 is 1.92 bits per heavy atom. The molecule has 2 heterocycles. The molecule has 2 unspecified atom stereocenters. The molecular weight excluding hydrogens is 152 g/mol. The minimum Gasteiger partial charge on any atom is -0.352 e. The van der Waals surface area contributed by atoms with Crippen molar-refractivity contribution in [2.75, 3.05) is 13.2 Å². The first-order valence-electron chi connectivity index (χ1n) is 5.11. The molecule has 0 spiro atoms. The van der Waals surface area contributed by atoms with Crippen LogP contribution in [0.3, 0.4) is 0 Å². The first-order valence-corrected chi connectivity index (χ1v) is 5.11. The highest BCUT2D eigenvalue weighted by molar-refractivity contribution is 4.78.